The summed E-state index contributed by atoms with van der Waals surface area (Å²) in [6, 6.07) is 7.32. The zero-order valence-electron chi connectivity index (χ0n) is 13.6. The summed E-state index contributed by atoms with van der Waals surface area (Å²) in [7, 11) is 0. The van der Waals surface area contributed by atoms with E-state index in [1.807, 2.05) is 0 Å². The van der Waals surface area contributed by atoms with Gasteiger partial charge < -0.3 is 15.4 Å². The van der Waals surface area contributed by atoms with Gasteiger partial charge in [-0.2, -0.15) is 11.3 Å². The van der Waals surface area contributed by atoms with E-state index in [-0.39, 0.29) is 36.1 Å². The van der Waals surface area contributed by atoms with Crippen LogP contribution in [-0.2, 0) is 11.3 Å². The molecule has 0 bridgehead atoms. The minimum atomic E-state index is -4.79. The van der Waals surface area contributed by atoms with Crippen LogP contribution in [0.4, 0.5) is 13.2 Å². The molecule has 1 heterocycles. The van der Waals surface area contributed by atoms with Crippen molar-refractivity contribution in [3.8, 4) is 5.75 Å². The maximum Gasteiger partial charge on any atom is 0.573 e. The van der Waals surface area contributed by atoms with Gasteiger partial charge in [0, 0.05) is 36.0 Å². The number of para-hydroxylation sites is 1. The van der Waals surface area contributed by atoms with E-state index >= 15 is 0 Å². The number of alkyl halides is 3. The van der Waals surface area contributed by atoms with Gasteiger partial charge >= 0.3 is 6.36 Å². The molecule has 0 fully saturated rings. The van der Waals surface area contributed by atoms with E-state index in [0.29, 0.717) is 18.5 Å². The highest BCUT2D eigenvalue weighted by atomic mass is 32.1. The lowest BCUT2D eigenvalue weighted by Gasteiger charge is -2.13. The monoisotopic (exact) mass is 386 g/mol. The second-order valence-corrected chi connectivity index (χ2v) is 6.08. The maximum absolute atomic E-state index is 12.3. The zero-order chi connectivity index (χ0) is 19.0. The zero-order valence-corrected chi connectivity index (χ0v) is 14.5. The summed E-state index contributed by atoms with van der Waals surface area (Å²) in [6.45, 7) is 0.252. The van der Waals surface area contributed by atoms with E-state index in [0.717, 1.165) is 0 Å². The van der Waals surface area contributed by atoms with Gasteiger partial charge in [-0.15, -0.1) is 13.2 Å². The van der Waals surface area contributed by atoms with Crippen molar-refractivity contribution in [2.75, 3.05) is 6.54 Å². The average Bonchev–Trinajstić information content (AvgIpc) is 3.11. The molecule has 2 amide bonds. The second-order valence-electron chi connectivity index (χ2n) is 5.30. The largest absolute Gasteiger partial charge is 0.573 e. The van der Waals surface area contributed by atoms with Crippen molar-refractivity contribution in [1.29, 1.82) is 0 Å². The fourth-order valence-electron chi connectivity index (χ4n) is 2.10. The van der Waals surface area contributed by atoms with Crippen molar-refractivity contribution in [1.82, 2.24) is 10.6 Å². The van der Waals surface area contributed by atoms with Gasteiger partial charge in [0.2, 0.25) is 5.91 Å². The molecule has 0 spiro atoms. The van der Waals surface area contributed by atoms with E-state index in [9.17, 15) is 22.8 Å². The molecule has 0 unspecified atom stereocenters. The van der Waals surface area contributed by atoms with Crippen molar-refractivity contribution in [3.05, 3.63) is 52.2 Å². The minimum Gasteiger partial charge on any atom is -0.405 e. The molecule has 2 rings (SSSR count). The van der Waals surface area contributed by atoms with Crippen molar-refractivity contribution in [2.24, 2.45) is 0 Å². The van der Waals surface area contributed by atoms with Crippen LogP contribution in [0.15, 0.2) is 41.1 Å². The van der Waals surface area contributed by atoms with Crippen molar-refractivity contribution in [2.45, 2.75) is 25.7 Å². The van der Waals surface area contributed by atoms with Gasteiger partial charge in [-0.3, -0.25) is 9.59 Å². The molecule has 1 aromatic heterocycles. The summed E-state index contributed by atoms with van der Waals surface area (Å²) in [6.07, 6.45) is -4.23. The third-order valence-electron chi connectivity index (χ3n) is 3.32. The summed E-state index contributed by atoms with van der Waals surface area (Å²) in [5, 5.41) is 8.75. The first kappa shape index (κ1) is 19.8. The number of carbonyl (C=O) groups excluding carboxylic acids is 2. The van der Waals surface area contributed by atoms with E-state index in [2.05, 4.69) is 15.4 Å². The van der Waals surface area contributed by atoms with E-state index in [4.69, 9.17) is 0 Å². The standard InChI is InChI=1S/C17H17F3N2O3S/c18-17(19,20)25-14-5-2-1-4-12(14)10-22-15(23)6-3-8-21-16(24)13-7-9-26-11-13/h1-2,4-5,7,9,11H,3,6,8,10H2,(H,21,24)(H,22,23). The lowest BCUT2D eigenvalue weighted by molar-refractivity contribution is -0.274. The molecule has 0 saturated carbocycles. The number of carbonyl (C=O) groups is 2. The molecule has 9 heteroatoms. The van der Waals surface area contributed by atoms with Crippen LogP contribution in [0, 0.1) is 0 Å². The van der Waals surface area contributed by atoms with Gasteiger partial charge in [-0.25, -0.2) is 0 Å². The van der Waals surface area contributed by atoms with Crippen molar-refractivity contribution >= 4 is 23.2 Å². The van der Waals surface area contributed by atoms with Gasteiger partial charge in [0.1, 0.15) is 5.75 Å². The molecule has 5 nitrogen and oxygen atoms in total. The van der Waals surface area contributed by atoms with Crippen LogP contribution in [0.2, 0.25) is 0 Å². The predicted molar refractivity (Wildman–Crippen MR) is 90.9 cm³/mol. The van der Waals surface area contributed by atoms with Crippen LogP contribution in [-0.4, -0.2) is 24.7 Å². The lowest BCUT2D eigenvalue weighted by atomic mass is 10.2. The number of halogens is 3. The number of benzene rings is 1. The normalized spacial score (nSPS) is 11.0. The number of amides is 2. The Morgan fingerprint density at radius 2 is 1.88 bits per heavy atom. The Balaban J connectivity index is 1.71. The topological polar surface area (TPSA) is 67.4 Å². The highest BCUT2D eigenvalue weighted by Gasteiger charge is 2.31. The number of hydrogen-bond donors (Lipinski definition) is 2. The summed E-state index contributed by atoms with van der Waals surface area (Å²) in [5.41, 5.74) is 0.796. The maximum atomic E-state index is 12.3. The Hall–Kier alpha value is -2.55. The Labute approximate surface area is 152 Å². The molecule has 0 radical (unpaired) electrons. The number of nitrogens with one attached hydrogen (secondary N) is 2. The highest BCUT2D eigenvalue weighted by molar-refractivity contribution is 7.08. The first-order chi connectivity index (χ1) is 12.3. The third-order valence-corrected chi connectivity index (χ3v) is 4.01. The number of ether oxygens (including phenoxy) is 1. The molecule has 1 aromatic carbocycles. The number of hydrogen-bond acceptors (Lipinski definition) is 4. The first-order valence-corrected chi connectivity index (χ1v) is 8.70. The Kier molecular flexibility index (Phi) is 7.02. The van der Waals surface area contributed by atoms with E-state index < -0.39 is 6.36 Å². The van der Waals surface area contributed by atoms with Crippen molar-refractivity contribution in [3.63, 3.8) is 0 Å². The highest BCUT2D eigenvalue weighted by Crippen LogP contribution is 2.26. The van der Waals surface area contributed by atoms with Gasteiger partial charge in [-0.1, -0.05) is 18.2 Å². The molecule has 0 aliphatic heterocycles. The Bertz CT molecular complexity index is 733. The second kappa shape index (κ2) is 9.23. The first-order valence-electron chi connectivity index (χ1n) is 7.76. The fourth-order valence-corrected chi connectivity index (χ4v) is 2.74. The smallest absolute Gasteiger partial charge is 0.405 e. The third kappa shape index (κ3) is 6.75. The van der Waals surface area contributed by atoms with Crippen LogP contribution in [0.25, 0.3) is 0 Å². The van der Waals surface area contributed by atoms with Crippen LogP contribution >= 0.6 is 11.3 Å². The van der Waals surface area contributed by atoms with Gasteiger partial charge in [-0.05, 0) is 23.9 Å². The summed E-state index contributed by atoms with van der Waals surface area (Å²) < 4.78 is 41.0. The van der Waals surface area contributed by atoms with Crippen LogP contribution in [0.5, 0.6) is 5.75 Å². The Morgan fingerprint density at radius 3 is 2.58 bits per heavy atom. The SMILES string of the molecule is O=C(CCCNC(=O)c1ccsc1)NCc1ccccc1OC(F)(F)F. The average molecular weight is 386 g/mol. The number of rotatable bonds is 8. The van der Waals surface area contributed by atoms with Crippen molar-refractivity contribution < 1.29 is 27.5 Å². The summed E-state index contributed by atoms with van der Waals surface area (Å²) in [5.74, 6) is -0.871. The molecule has 0 atom stereocenters. The molecular weight excluding hydrogens is 369 g/mol. The van der Waals surface area contributed by atoms with Crippen LogP contribution in [0.1, 0.15) is 28.8 Å². The molecule has 2 aromatic rings. The molecule has 0 aliphatic carbocycles. The van der Waals surface area contributed by atoms with Crippen LogP contribution in [0.3, 0.4) is 0 Å². The quantitative estimate of drug-likeness (QED) is 0.683. The van der Waals surface area contributed by atoms with Gasteiger partial charge in [0.05, 0.1) is 0 Å². The summed E-state index contributed by atoms with van der Waals surface area (Å²) in [4.78, 5) is 23.5. The molecule has 140 valence electrons. The lowest BCUT2D eigenvalue weighted by Crippen LogP contribution is -2.27. The van der Waals surface area contributed by atoms with Gasteiger partial charge in [0.25, 0.3) is 5.91 Å². The van der Waals surface area contributed by atoms with E-state index in [1.54, 1.807) is 22.9 Å². The number of thiophene rings is 1. The van der Waals surface area contributed by atoms with Gasteiger partial charge in [0.15, 0.2) is 0 Å². The minimum absolute atomic E-state index is 0.0770. The fraction of sp³-hybridized carbons (Fsp3) is 0.294. The molecular formula is C17H17F3N2O3S. The van der Waals surface area contributed by atoms with E-state index in [1.165, 1.54) is 29.5 Å². The summed E-state index contributed by atoms with van der Waals surface area (Å²) >= 11 is 1.42. The predicted octanol–water partition coefficient (Wildman–Crippen LogP) is 3.47. The molecule has 0 aliphatic rings. The molecule has 2 N–H and O–H groups in total. The molecule has 0 saturated heterocycles. The van der Waals surface area contributed by atoms with Crippen LogP contribution < -0.4 is 15.4 Å². The Morgan fingerprint density at radius 1 is 1.12 bits per heavy atom. The molecule has 26 heavy (non-hydrogen) atoms.